The maximum atomic E-state index is 13.2. The lowest BCUT2D eigenvalue weighted by Gasteiger charge is -2.22. The maximum Gasteiger partial charge on any atom is 0.326 e. The average Bonchev–Trinajstić information content (AvgIpc) is 3.12. The molecule has 0 aliphatic heterocycles. The Hall–Kier alpha value is -6.24. The van der Waals surface area contributed by atoms with E-state index in [0.717, 1.165) is 5.56 Å². The van der Waals surface area contributed by atoms with E-state index in [9.17, 15) is 53.7 Å². The first-order valence-corrected chi connectivity index (χ1v) is 16.9. The van der Waals surface area contributed by atoms with Crippen molar-refractivity contribution in [2.24, 2.45) is 0 Å². The third-order valence-corrected chi connectivity index (χ3v) is 7.76. The second kappa shape index (κ2) is 23.3. The first kappa shape index (κ1) is 43.9. The number of carbonyl (C=O) groups is 8. The molecule has 0 aromatic heterocycles. The van der Waals surface area contributed by atoms with Gasteiger partial charge in [-0.2, -0.15) is 0 Å². The van der Waals surface area contributed by atoms with Gasteiger partial charge in [0.15, 0.2) is 0 Å². The number of aromatic hydroxyl groups is 1. The van der Waals surface area contributed by atoms with Gasteiger partial charge < -0.3 is 56.9 Å². The molecule has 0 heterocycles. The first-order chi connectivity index (χ1) is 25.6. The molecule has 0 bridgehead atoms. The largest absolute Gasteiger partial charge is 0.508 e. The van der Waals surface area contributed by atoms with Gasteiger partial charge in [0.25, 0.3) is 0 Å². The van der Waals surface area contributed by atoms with Gasteiger partial charge in [0, 0.05) is 32.2 Å². The molecule has 0 saturated carbocycles. The van der Waals surface area contributed by atoms with E-state index in [1.807, 2.05) is 41.0 Å². The van der Waals surface area contributed by atoms with Crippen molar-refractivity contribution < 1.29 is 68.6 Å². The van der Waals surface area contributed by atoms with E-state index >= 15 is 0 Å². The fraction of sp³-hybridized carbons (Fsp3) is 0.429. The number of urea groups is 1. The van der Waals surface area contributed by atoms with Crippen LogP contribution in [0.4, 0.5) is 4.79 Å². The highest BCUT2D eigenvalue weighted by atomic mass is 16.5. The lowest BCUT2D eigenvalue weighted by molar-refractivity contribution is -0.142. The van der Waals surface area contributed by atoms with Crippen molar-refractivity contribution in [2.75, 3.05) is 19.8 Å². The average molecular weight is 760 g/mol. The highest BCUT2D eigenvalue weighted by molar-refractivity contribution is 5.90. The number of aryl methyl sites for hydroxylation is 1. The Balaban J connectivity index is 1.80. The Morgan fingerprint density at radius 2 is 1.17 bits per heavy atom. The molecule has 2 aromatic rings. The second-order valence-corrected chi connectivity index (χ2v) is 12.0. The molecule has 19 nitrogen and oxygen atoms in total. The minimum atomic E-state index is -1.58. The highest BCUT2D eigenvalue weighted by Gasteiger charge is 2.28. The number of rotatable bonds is 25. The molecular weight excluding hydrogens is 714 g/mol. The van der Waals surface area contributed by atoms with Crippen LogP contribution in [0.15, 0.2) is 54.6 Å². The zero-order valence-corrected chi connectivity index (χ0v) is 29.2. The highest BCUT2D eigenvalue weighted by Crippen LogP contribution is 2.12. The molecule has 0 aliphatic carbocycles. The molecule has 0 fully saturated rings. The molecule has 0 saturated heterocycles. The van der Waals surface area contributed by atoms with Gasteiger partial charge in [0.2, 0.25) is 17.7 Å². The molecular formula is C35H45N5O14. The number of aliphatic carboxylic acids is 4. The van der Waals surface area contributed by atoms with E-state index < -0.39 is 84.6 Å². The number of ether oxygens (including phenoxy) is 1. The van der Waals surface area contributed by atoms with Gasteiger partial charge in [-0.1, -0.05) is 42.5 Å². The fourth-order valence-electron chi connectivity index (χ4n) is 4.87. The summed E-state index contributed by atoms with van der Waals surface area (Å²) < 4.78 is 5.39. The van der Waals surface area contributed by atoms with Crippen molar-refractivity contribution in [1.29, 1.82) is 0 Å². The van der Waals surface area contributed by atoms with Crippen molar-refractivity contribution in [2.45, 2.75) is 75.5 Å². The smallest absolute Gasteiger partial charge is 0.326 e. The summed E-state index contributed by atoms with van der Waals surface area (Å²) >= 11 is 0. The molecule has 54 heavy (non-hydrogen) atoms. The summed E-state index contributed by atoms with van der Waals surface area (Å²) in [4.78, 5) is 95.8. The monoisotopic (exact) mass is 759 g/mol. The van der Waals surface area contributed by atoms with Gasteiger partial charge in [0.05, 0.1) is 13.2 Å². The van der Waals surface area contributed by atoms with Crippen LogP contribution >= 0.6 is 0 Å². The predicted octanol–water partition coefficient (Wildman–Crippen LogP) is -0.00480. The van der Waals surface area contributed by atoms with Gasteiger partial charge in [0.1, 0.15) is 29.9 Å². The molecule has 0 radical (unpaired) electrons. The Bertz CT molecular complexity index is 1590. The minimum Gasteiger partial charge on any atom is -0.508 e. The molecule has 4 atom stereocenters. The Morgan fingerprint density at radius 1 is 0.574 bits per heavy atom. The van der Waals surface area contributed by atoms with Crippen LogP contribution in [-0.4, -0.2) is 117 Å². The van der Waals surface area contributed by atoms with Gasteiger partial charge in [-0.3, -0.25) is 19.2 Å². The molecule has 19 heteroatoms. The second-order valence-electron chi connectivity index (χ2n) is 12.0. The zero-order valence-electron chi connectivity index (χ0n) is 29.2. The van der Waals surface area contributed by atoms with Crippen LogP contribution in [0.25, 0.3) is 0 Å². The molecule has 294 valence electrons. The van der Waals surface area contributed by atoms with E-state index in [-0.39, 0.29) is 57.6 Å². The van der Waals surface area contributed by atoms with E-state index in [2.05, 4.69) is 16.0 Å². The van der Waals surface area contributed by atoms with E-state index in [1.165, 1.54) is 24.3 Å². The van der Waals surface area contributed by atoms with Crippen molar-refractivity contribution in [3.63, 3.8) is 0 Å². The topological polar surface area (TPSA) is 307 Å². The first-order valence-electron chi connectivity index (χ1n) is 16.9. The summed E-state index contributed by atoms with van der Waals surface area (Å²) in [6.07, 6.45) is -1.35. The zero-order chi connectivity index (χ0) is 40.0. The van der Waals surface area contributed by atoms with E-state index in [4.69, 9.17) is 14.9 Å². The molecule has 0 spiro atoms. The number of hydrogen-bond donors (Lipinski definition) is 10. The molecule has 2 rings (SSSR count). The number of carboxylic acids is 4. The maximum absolute atomic E-state index is 13.2. The quantitative estimate of drug-likeness (QED) is 0.0596. The number of carbonyl (C=O) groups excluding carboxylic acids is 4. The Labute approximate surface area is 309 Å². The summed E-state index contributed by atoms with van der Waals surface area (Å²) in [6.45, 7) is -0.155. The summed E-state index contributed by atoms with van der Waals surface area (Å²) in [7, 11) is 0. The number of nitrogens with one attached hydrogen (secondary N) is 5. The normalized spacial score (nSPS) is 12.9. The number of amides is 5. The van der Waals surface area contributed by atoms with Crippen LogP contribution in [0.2, 0.25) is 0 Å². The van der Waals surface area contributed by atoms with Crippen LogP contribution in [0, 0.1) is 0 Å². The van der Waals surface area contributed by atoms with Crippen LogP contribution in [0.5, 0.6) is 5.75 Å². The molecule has 0 aliphatic rings. The van der Waals surface area contributed by atoms with Crippen molar-refractivity contribution in [3.8, 4) is 5.75 Å². The predicted molar refractivity (Wildman–Crippen MR) is 187 cm³/mol. The Kier molecular flexibility index (Phi) is 19.0. The minimum absolute atomic E-state index is 0.00130. The third kappa shape index (κ3) is 17.8. The third-order valence-electron chi connectivity index (χ3n) is 7.76. The summed E-state index contributed by atoms with van der Waals surface area (Å²) in [5.74, 6) is -7.41. The van der Waals surface area contributed by atoms with Gasteiger partial charge >= 0.3 is 29.9 Å². The number of benzene rings is 2. The Morgan fingerprint density at radius 3 is 1.74 bits per heavy atom. The number of phenols is 1. The number of hydrogen-bond acceptors (Lipinski definition) is 10. The number of phenolic OH excluding ortho intramolecular Hbond substituents is 1. The van der Waals surface area contributed by atoms with E-state index in [0.29, 0.717) is 12.0 Å². The molecule has 10 N–H and O–H groups in total. The standard InChI is InChI=1S/C35H45N5O14/c41-23-9-6-22(7-10-23)20-27(34(51)52)38-31(46)24(11-8-21-4-2-1-3-5-21)37-29(43)16-18-54-19-17-36-28(42)14-12-25(32(47)48)39-35(53)40-26(33(49)50)13-15-30(44)45/h1-7,9-10,24-27,41H,8,11-20H2,(H,36,42)(H,37,43)(H,38,46)(H,44,45)(H,47,48)(H,49,50)(H,51,52)(H2,39,40,53)/t24-,25-,26-,27-/m0/s1. The van der Waals surface area contributed by atoms with Crippen molar-refractivity contribution in [1.82, 2.24) is 26.6 Å². The SMILES string of the molecule is O=C(O)CC[C@H](NC(=O)N[C@@H](CCC(=O)NCCOCCC(=O)N[C@@H](CCc1ccccc1)C(=O)N[C@@H](Cc1ccc(O)cc1)C(=O)O)C(=O)O)C(=O)O. The van der Waals surface area contributed by atoms with Crippen LogP contribution in [-0.2, 0) is 51.1 Å². The lowest BCUT2D eigenvalue weighted by Crippen LogP contribution is -2.52. The molecule has 2 aromatic carbocycles. The van der Waals surface area contributed by atoms with Gasteiger partial charge in [-0.25, -0.2) is 19.2 Å². The van der Waals surface area contributed by atoms with Gasteiger partial charge in [-0.05, 0) is 48.9 Å². The molecule has 5 amide bonds. The van der Waals surface area contributed by atoms with Crippen molar-refractivity contribution in [3.05, 3.63) is 65.7 Å². The van der Waals surface area contributed by atoms with Gasteiger partial charge in [-0.15, -0.1) is 0 Å². The summed E-state index contributed by atoms with van der Waals surface area (Å²) in [5, 5.41) is 58.1. The number of carboxylic acid groups (broad SMARTS) is 4. The van der Waals surface area contributed by atoms with Crippen molar-refractivity contribution >= 4 is 47.6 Å². The van der Waals surface area contributed by atoms with Crippen LogP contribution in [0.1, 0.15) is 49.7 Å². The summed E-state index contributed by atoms with van der Waals surface area (Å²) in [5.41, 5.74) is 1.46. The summed E-state index contributed by atoms with van der Waals surface area (Å²) in [6, 6.07) is 8.33. The fourth-order valence-corrected chi connectivity index (χ4v) is 4.87. The lowest BCUT2D eigenvalue weighted by atomic mass is 10.0. The van der Waals surface area contributed by atoms with Crippen LogP contribution < -0.4 is 26.6 Å². The van der Waals surface area contributed by atoms with E-state index in [1.54, 1.807) is 0 Å². The molecule has 0 unspecified atom stereocenters. The van der Waals surface area contributed by atoms with Crippen LogP contribution in [0.3, 0.4) is 0 Å².